The van der Waals surface area contributed by atoms with Gasteiger partial charge in [-0.05, 0) is 12.1 Å². The molecule has 1 rings (SSSR count). The minimum Gasteiger partial charge on any atom is -0.301 e. The zero-order valence-electron chi connectivity index (χ0n) is 4.82. The molecule has 1 aromatic rings. The second-order valence-corrected chi connectivity index (χ2v) is 2.91. The van der Waals surface area contributed by atoms with Crippen LogP contribution in [0.15, 0.2) is 23.4 Å². The van der Waals surface area contributed by atoms with Crippen molar-refractivity contribution < 1.29 is 8.76 Å². The summed E-state index contributed by atoms with van der Waals surface area (Å²) in [4.78, 5) is 3.60. The molecule has 0 spiro atoms. The summed E-state index contributed by atoms with van der Waals surface area (Å²) >= 11 is 3.47. The third-order valence-electron chi connectivity index (χ3n) is 0.876. The number of pyridine rings is 1. The van der Waals surface area contributed by atoms with Crippen LogP contribution in [-0.2, 0) is 11.1 Å². The lowest BCUT2D eigenvalue weighted by Gasteiger charge is -1.91. The third-order valence-corrected chi connectivity index (χ3v) is 1.69. The van der Waals surface area contributed by atoms with E-state index in [4.69, 9.17) is 16.2 Å². The van der Waals surface area contributed by atoms with Gasteiger partial charge >= 0.3 is 0 Å². The Bertz CT molecular complexity index is 266. The molecule has 1 N–H and O–H groups in total. The zero-order valence-corrected chi connectivity index (χ0v) is 6.39. The summed E-state index contributed by atoms with van der Waals surface area (Å²) in [5.41, 5.74) is 0. The van der Waals surface area contributed by atoms with Crippen LogP contribution < -0.4 is 0 Å². The number of hydrogen-bond donors (Lipinski definition) is 1. The van der Waals surface area contributed by atoms with Crippen molar-refractivity contribution in [3.8, 4) is 0 Å². The Balaban J connectivity index is 3.07. The predicted molar refractivity (Wildman–Crippen MR) is 38.3 cm³/mol. The van der Waals surface area contributed by atoms with Crippen LogP contribution in [0.3, 0.4) is 0 Å². The fraction of sp³-hybridized carbons (Fsp3) is 0. The van der Waals surface area contributed by atoms with Crippen LogP contribution in [0.25, 0.3) is 0 Å². The lowest BCUT2D eigenvalue weighted by atomic mass is 10.5. The highest BCUT2D eigenvalue weighted by Crippen LogP contribution is 2.09. The average molecular weight is 178 g/mol. The molecule has 0 fully saturated rings. The first kappa shape index (κ1) is 7.65. The van der Waals surface area contributed by atoms with Gasteiger partial charge < -0.3 is 4.55 Å². The molecule has 0 aliphatic rings. The molecule has 0 aromatic carbocycles. The van der Waals surface area contributed by atoms with Gasteiger partial charge in [0, 0.05) is 11.2 Å². The molecule has 1 aromatic heterocycles. The smallest absolute Gasteiger partial charge is 0.205 e. The standard InChI is InChI=1S/C5H4ClNO2S/c6-4-1-2-7-5(3-4)10(8)9/h1-3H,(H,8,9). The fourth-order valence-electron chi connectivity index (χ4n) is 0.481. The van der Waals surface area contributed by atoms with Crippen LogP contribution in [0.5, 0.6) is 0 Å². The van der Waals surface area contributed by atoms with Crippen molar-refractivity contribution >= 4 is 22.7 Å². The highest BCUT2D eigenvalue weighted by molar-refractivity contribution is 7.79. The minimum absolute atomic E-state index is 0.0764. The molecular weight excluding hydrogens is 174 g/mol. The van der Waals surface area contributed by atoms with E-state index < -0.39 is 11.1 Å². The number of rotatable bonds is 1. The molecule has 0 saturated heterocycles. The highest BCUT2D eigenvalue weighted by Gasteiger charge is 1.99. The van der Waals surface area contributed by atoms with E-state index in [1.165, 1.54) is 18.3 Å². The van der Waals surface area contributed by atoms with Crippen LogP contribution in [0.2, 0.25) is 5.02 Å². The molecule has 10 heavy (non-hydrogen) atoms. The predicted octanol–water partition coefficient (Wildman–Crippen LogP) is 1.32. The Morgan fingerprint density at radius 1 is 1.70 bits per heavy atom. The monoisotopic (exact) mass is 177 g/mol. The molecular formula is C5H4ClNO2S. The van der Waals surface area contributed by atoms with Gasteiger partial charge in [0.1, 0.15) is 0 Å². The largest absolute Gasteiger partial charge is 0.301 e. The Labute approximate surface area is 65.3 Å². The van der Waals surface area contributed by atoms with Crippen molar-refractivity contribution in [2.45, 2.75) is 5.03 Å². The van der Waals surface area contributed by atoms with E-state index >= 15 is 0 Å². The van der Waals surface area contributed by atoms with Crippen molar-refractivity contribution in [1.29, 1.82) is 0 Å². The van der Waals surface area contributed by atoms with E-state index in [-0.39, 0.29) is 5.03 Å². The van der Waals surface area contributed by atoms with E-state index in [2.05, 4.69) is 4.98 Å². The summed E-state index contributed by atoms with van der Waals surface area (Å²) in [5, 5.41) is 0.486. The number of aromatic nitrogens is 1. The highest BCUT2D eigenvalue weighted by atomic mass is 35.5. The van der Waals surface area contributed by atoms with E-state index in [0.717, 1.165) is 0 Å². The Morgan fingerprint density at radius 2 is 2.40 bits per heavy atom. The molecule has 54 valence electrons. The first-order valence-corrected chi connectivity index (χ1v) is 3.91. The van der Waals surface area contributed by atoms with E-state index in [1.807, 2.05) is 0 Å². The van der Waals surface area contributed by atoms with E-state index in [9.17, 15) is 4.21 Å². The molecule has 5 heteroatoms. The second-order valence-electron chi connectivity index (χ2n) is 1.56. The van der Waals surface area contributed by atoms with Gasteiger partial charge in [0.25, 0.3) is 0 Å². The lowest BCUT2D eigenvalue weighted by molar-refractivity contribution is 0.560. The Morgan fingerprint density at radius 3 is 2.80 bits per heavy atom. The van der Waals surface area contributed by atoms with Crippen molar-refractivity contribution in [3.63, 3.8) is 0 Å². The number of hydrogen-bond acceptors (Lipinski definition) is 2. The lowest BCUT2D eigenvalue weighted by Crippen LogP contribution is -1.90. The van der Waals surface area contributed by atoms with Gasteiger partial charge in [-0.1, -0.05) is 11.6 Å². The van der Waals surface area contributed by atoms with Crippen molar-refractivity contribution in [2.24, 2.45) is 0 Å². The summed E-state index contributed by atoms with van der Waals surface area (Å²) in [6.45, 7) is 0. The van der Waals surface area contributed by atoms with Crippen molar-refractivity contribution in [2.75, 3.05) is 0 Å². The van der Waals surface area contributed by atoms with Gasteiger partial charge in [0.05, 0.1) is 0 Å². The molecule has 0 radical (unpaired) electrons. The maximum atomic E-state index is 10.3. The molecule has 3 nitrogen and oxygen atoms in total. The van der Waals surface area contributed by atoms with Gasteiger partial charge in [-0.25, -0.2) is 9.19 Å². The molecule has 0 amide bonds. The molecule has 0 bridgehead atoms. The minimum atomic E-state index is -2.03. The first-order valence-electron chi connectivity index (χ1n) is 2.42. The van der Waals surface area contributed by atoms with Crippen LogP contribution in [0, 0.1) is 0 Å². The van der Waals surface area contributed by atoms with Crippen LogP contribution in [0.4, 0.5) is 0 Å². The Hall–Kier alpha value is -0.450. The van der Waals surface area contributed by atoms with Crippen LogP contribution >= 0.6 is 11.6 Å². The fourth-order valence-corrected chi connectivity index (χ4v) is 1.08. The number of nitrogens with zero attached hydrogens (tertiary/aromatic N) is 1. The first-order chi connectivity index (χ1) is 4.70. The topological polar surface area (TPSA) is 50.2 Å². The summed E-state index contributed by atoms with van der Waals surface area (Å²) in [5.74, 6) is 0. The summed E-state index contributed by atoms with van der Waals surface area (Å²) < 4.78 is 18.8. The Kier molecular flexibility index (Phi) is 2.37. The van der Waals surface area contributed by atoms with Gasteiger partial charge in [0.15, 0.2) is 5.03 Å². The molecule has 1 heterocycles. The molecule has 1 unspecified atom stereocenters. The van der Waals surface area contributed by atoms with Gasteiger partial charge in [-0.3, -0.25) is 0 Å². The SMILES string of the molecule is O=S(O)c1cc(Cl)ccn1. The molecule has 0 saturated carbocycles. The van der Waals surface area contributed by atoms with Crippen molar-refractivity contribution in [1.82, 2.24) is 4.98 Å². The summed E-state index contributed by atoms with van der Waals surface area (Å²) in [7, 11) is 0. The quantitative estimate of drug-likeness (QED) is 0.659. The van der Waals surface area contributed by atoms with Crippen molar-refractivity contribution in [3.05, 3.63) is 23.4 Å². The van der Waals surface area contributed by atoms with Gasteiger partial charge in [0.2, 0.25) is 11.1 Å². The second kappa shape index (κ2) is 3.09. The average Bonchev–Trinajstić information content (AvgIpc) is 1.88. The number of halogens is 1. The maximum Gasteiger partial charge on any atom is 0.205 e. The summed E-state index contributed by atoms with van der Waals surface area (Å²) in [6, 6.07) is 2.88. The van der Waals surface area contributed by atoms with Crippen LogP contribution in [0.1, 0.15) is 0 Å². The normalized spacial score (nSPS) is 13.0. The van der Waals surface area contributed by atoms with E-state index in [1.54, 1.807) is 0 Å². The van der Waals surface area contributed by atoms with E-state index in [0.29, 0.717) is 5.02 Å². The maximum absolute atomic E-state index is 10.3. The molecule has 0 aliphatic carbocycles. The zero-order chi connectivity index (χ0) is 7.56. The molecule has 1 atom stereocenters. The molecule has 0 aliphatic heterocycles. The summed E-state index contributed by atoms with van der Waals surface area (Å²) in [6.07, 6.45) is 1.38. The third kappa shape index (κ3) is 1.76. The van der Waals surface area contributed by atoms with Gasteiger partial charge in [-0.15, -0.1) is 0 Å². The van der Waals surface area contributed by atoms with Crippen LogP contribution in [-0.4, -0.2) is 13.7 Å². The van der Waals surface area contributed by atoms with Gasteiger partial charge in [-0.2, -0.15) is 0 Å².